The molecule has 0 unspecified atom stereocenters. The van der Waals surface area contributed by atoms with Gasteiger partial charge in [0, 0.05) is 19.8 Å². The third-order valence-corrected chi connectivity index (χ3v) is 6.04. The number of hydrogen-bond donors (Lipinski definition) is 1. The zero-order valence-corrected chi connectivity index (χ0v) is 17.8. The summed E-state index contributed by atoms with van der Waals surface area (Å²) >= 11 is 3.27. The van der Waals surface area contributed by atoms with Crippen LogP contribution in [0.25, 0.3) is 0 Å². The van der Waals surface area contributed by atoms with Crippen molar-refractivity contribution in [3.63, 3.8) is 0 Å². The van der Waals surface area contributed by atoms with Crippen LogP contribution in [0, 0.1) is 0 Å². The number of methoxy groups -OCH3 is 1. The molecule has 1 amide bonds. The van der Waals surface area contributed by atoms with E-state index in [1.807, 2.05) is 0 Å². The molecule has 2 rings (SSSR count). The molecule has 0 aliphatic rings. The summed E-state index contributed by atoms with van der Waals surface area (Å²) in [6.07, 6.45) is 0. The first kappa shape index (κ1) is 21.9. The summed E-state index contributed by atoms with van der Waals surface area (Å²) in [5, 5.41) is 2.59. The number of carbonyl (C=O) groups excluding carboxylic acids is 2. The van der Waals surface area contributed by atoms with E-state index in [9.17, 15) is 18.0 Å². The molecule has 0 atom stereocenters. The zero-order chi connectivity index (χ0) is 20.9. The van der Waals surface area contributed by atoms with Gasteiger partial charge in [0.05, 0.1) is 22.0 Å². The van der Waals surface area contributed by atoms with Crippen LogP contribution in [0.2, 0.25) is 0 Å². The average Bonchev–Trinajstić information content (AvgIpc) is 2.66. The monoisotopic (exact) mass is 470 g/mol. The summed E-state index contributed by atoms with van der Waals surface area (Å²) in [5.41, 5.74) is 0.668. The Labute approximate surface area is 171 Å². The van der Waals surface area contributed by atoms with E-state index in [0.29, 0.717) is 21.5 Å². The molecule has 10 heteroatoms. The number of rotatable bonds is 7. The summed E-state index contributed by atoms with van der Waals surface area (Å²) < 4.78 is 36.0. The fourth-order valence-electron chi connectivity index (χ4n) is 2.15. The highest BCUT2D eigenvalue weighted by Crippen LogP contribution is 2.26. The van der Waals surface area contributed by atoms with Crippen LogP contribution >= 0.6 is 15.9 Å². The molecule has 0 radical (unpaired) electrons. The van der Waals surface area contributed by atoms with Crippen LogP contribution in [0.4, 0.5) is 5.69 Å². The number of nitrogens with one attached hydrogen (secondary N) is 1. The van der Waals surface area contributed by atoms with Crippen molar-refractivity contribution in [1.29, 1.82) is 0 Å². The number of nitrogens with zero attached hydrogens (tertiary/aromatic N) is 1. The van der Waals surface area contributed by atoms with Crippen molar-refractivity contribution in [2.75, 3.05) is 33.1 Å². The number of carbonyl (C=O) groups is 2. The topological polar surface area (TPSA) is 102 Å². The summed E-state index contributed by atoms with van der Waals surface area (Å²) in [7, 11) is 0.536. The summed E-state index contributed by atoms with van der Waals surface area (Å²) in [6.45, 7) is -0.305. The summed E-state index contributed by atoms with van der Waals surface area (Å²) in [4.78, 5) is 23.7. The smallest absolute Gasteiger partial charge is 0.337 e. The molecule has 0 heterocycles. The number of ether oxygens (including phenoxy) is 2. The van der Waals surface area contributed by atoms with E-state index in [4.69, 9.17) is 4.74 Å². The first-order valence-corrected chi connectivity index (χ1v) is 10.2. The van der Waals surface area contributed by atoms with Gasteiger partial charge in [-0.15, -0.1) is 0 Å². The van der Waals surface area contributed by atoms with Gasteiger partial charge in [-0.25, -0.2) is 17.5 Å². The molecule has 0 bridgehead atoms. The first-order valence-electron chi connectivity index (χ1n) is 7.98. The number of esters is 1. The second-order valence-electron chi connectivity index (χ2n) is 5.79. The van der Waals surface area contributed by atoms with Gasteiger partial charge in [0.2, 0.25) is 10.0 Å². The van der Waals surface area contributed by atoms with E-state index >= 15 is 0 Å². The standard InChI is InChI=1S/C18H19BrN2O6S/c1-21(2)28(24,25)14-6-4-5-13(10-14)20-17(22)11-27-16-8-7-12(9-15(16)19)18(23)26-3/h4-10H,11H2,1-3H3,(H,20,22). The minimum absolute atomic E-state index is 0.0670. The number of anilines is 1. The molecular formula is C18H19BrN2O6S. The molecule has 2 aromatic rings. The van der Waals surface area contributed by atoms with Crippen LogP contribution in [-0.4, -0.2) is 52.4 Å². The molecule has 8 nitrogen and oxygen atoms in total. The fraction of sp³-hybridized carbons (Fsp3) is 0.222. The van der Waals surface area contributed by atoms with Crippen molar-refractivity contribution in [2.45, 2.75) is 4.90 Å². The molecule has 150 valence electrons. The minimum atomic E-state index is -3.60. The van der Waals surface area contributed by atoms with Crippen LogP contribution in [0.15, 0.2) is 51.8 Å². The maximum atomic E-state index is 12.2. The Balaban J connectivity index is 2.03. The van der Waals surface area contributed by atoms with Gasteiger partial charge < -0.3 is 14.8 Å². The second-order valence-corrected chi connectivity index (χ2v) is 8.80. The van der Waals surface area contributed by atoms with Crippen molar-refractivity contribution in [2.24, 2.45) is 0 Å². The Morgan fingerprint density at radius 2 is 1.86 bits per heavy atom. The van der Waals surface area contributed by atoms with Crippen LogP contribution in [-0.2, 0) is 19.6 Å². The lowest BCUT2D eigenvalue weighted by Crippen LogP contribution is -2.23. The number of halogens is 1. The van der Waals surface area contributed by atoms with E-state index in [-0.39, 0.29) is 11.5 Å². The maximum absolute atomic E-state index is 12.2. The Bertz CT molecular complexity index is 991. The van der Waals surface area contributed by atoms with E-state index in [1.54, 1.807) is 6.07 Å². The van der Waals surface area contributed by atoms with Crippen molar-refractivity contribution < 1.29 is 27.5 Å². The summed E-state index contributed by atoms with van der Waals surface area (Å²) in [5.74, 6) is -0.590. The number of hydrogen-bond acceptors (Lipinski definition) is 6. The summed E-state index contributed by atoms with van der Waals surface area (Å²) in [6, 6.07) is 10.5. The molecule has 1 N–H and O–H groups in total. The van der Waals surface area contributed by atoms with Crippen molar-refractivity contribution >= 4 is 43.5 Å². The lowest BCUT2D eigenvalue weighted by atomic mass is 10.2. The van der Waals surface area contributed by atoms with E-state index in [2.05, 4.69) is 26.0 Å². The largest absolute Gasteiger partial charge is 0.483 e. The lowest BCUT2D eigenvalue weighted by Gasteiger charge is -2.13. The van der Waals surface area contributed by atoms with Gasteiger partial charge in [-0.3, -0.25) is 4.79 Å². The predicted octanol–water partition coefficient (Wildman–Crippen LogP) is 2.50. The number of amides is 1. The Kier molecular flexibility index (Phi) is 7.17. The third-order valence-electron chi connectivity index (χ3n) is 3.61. The highest BCUT2D eigenvalue weighted by Gasteiger charge is 2.18. The van der Waals surface area contributed by atoms with Crippen molar-refractivity contribution in [3.8, 4) is 5.75 Å². The quantitative estimate of drug-likeness (QED) is 0.623. The molecule has 0 saturated heterocycles. The highest BCUT2D eigenvalue weighted by atomic mass is 79.9. The average molecular weight is 471 g/mol. The SMILES string of the molecule is COC(=O)c1ccc(OCC(=O)Nc2cccc(S(=O)(=O)N(C)C)c2)c(Br)c1. The number of sulfonamides is 1. The van der Waals surface area contributed by atoms with Gasteiger partial charge >= 0.3 is 5.97 Å². The fourth-order valence-corrected chi connectivity index (χ4v) is 3.59. The molecule has 0 aliphatic heterocycles. The Morgan fingerprint density at radius 1 is 1.14 bits per heavy atom. The minimum Gasteiger partial charge on any atom is -0.483 e. The van der Waals surface area contributed by atoms with Crippen LogP contribution in [0.1, 0.15) is 10.4 Å². The van der Waals surface area contributed by atoms with E-state index in [0.717, 1.165) is 4.31 Å². The molecule has 0 aromatic heterocycles. The molecular weight excluding hydrogens is 452 g/mol. The third kappa shape index (κ3) is 5.31. The van der Waals surface area contributed by atoms with Gasteiger partial charge in [-0.05, 0) is 52.3 Å². The molecule has 28 heavy (non-hydrogen) atoms. The zero-order valence-electron chi connectivity index (χ0n) is 15.4. The van der Waals surface area contributed by atoms with Crippen molar-refractivity contribution in [1.82, 2.24) is 4.31 Å². The normalized spacial score (nSPS) is 11.2. The highest BCUT2D eigenvalue weighted by molar-refractivity contribution is 9.10. The maximum Gasteiger partial charge on any atom is 0.337 e. The van der Waals surface area contributed by atoms with E-state index in [1.165, 1.54) is 57.6 Å². The van der Waals surface area contributed by atoms with Gasteiger partial charge in [-0.2, -0.15) is 0 Å². The molecule has 0 fully saturated rings. The second kappa shape index (κ2) is 9.18. The Morgan fingerprint density at radius 3 is 2.46 bits per heavy atom. The molecule has 0 aliphatic carbocycles. The first-order chi connectivity index (χ1) is 13.1. The molecule has 0 spiro atoms. The van der Waals surface area contributed by atoms with Gasteiger partial charge in [0.15, 0.2) is 6.61 Å². The van der Waals surface area contributed by atoms with Crippen LogP contribution < -0.4 is 10.1 Å². The molecule has 2 aromatic carbocycles. The predicted molar refractivity (Wildman–Crippen MR) is 107 cm³/mol. The van der Waals surface area contributed by atoms with Gasteiger partial charge in [-0.1, -0.05) is 6.07 Å². The van der Waals surface area contributed by atoms with Crippen LogP contribution in [0.5, 0.6) is 5.75 Å². The van der Waals surface area contributed by atoms with Crippen molar-refractivity contribution in [3.05, 3.63) is 52.5 Å². The number of benzene rings is 2. The Hall–Kier alpha value is -2.43. The lowest BCUT2D eigenvalue weighted by molar-refractivity contribution is -0.118. The van der Waals surface area contributed by atoms with E-state index < -0.39 is 21.9 Å². The van der Waals surface area contributed by atoms with Gasteiger partial charge in [0.25, 0.3) is 5.91 Å². The molecule has 0 saturated carbocycles. The van der Waals surface area contributed by atoms with Crippen LogP contribution in [0.3, 0.4) is 0 Å². The van der Waals surface area contributed by atoms with Gasteiger partial charge in [0.1, 0.15) is 5.75 Å².